The molecule has 1 aliphatic carbocycles. The molecule has 2 aromatic heterocycles. The molecule has 6 nitrogen and oxygen atoms in total. The zero-order valence-corrected chi connectivity index (χ0v) is 15.1. The molecule has 4 aromatic rings. The average molecular weight is 370 g/mol. The summed E-state index contributed by atoms with van der Waals surface area (Å²) < 4.78 is 7.78. The lowest BCUT2D eigenvalue weighted by atomic mass is 10.2. The molecule has 0 aliphatic heterocycles. The summed E-state index contributed by atoms with van der Waals surface area (Å²) in [5.41, 5.74) is 5.78. The van der Waals surface area contributed by atoms with Crippen LogP contribution < -0.4 is 5.43 Å². The van der Waals surface area contributed by atoms with Gasteiger partial charge in [0.1, 0.15) is 11.3 Å². The number of hydrogen-bond acceptors (Lipinski definition) is 4. The normalized spacial score (nSPS) is 14.0. The number of carbonyl (C=O) groups is 1. The molecule has 2 heterocycles. The first-order valence-electron chi connectivity index (χ1n) is 9.25. The molecule has 0 bridgehead atoms. The van der Waals surface area contributed by atoms with Crippen LogP contribution in [0.5, 0.6) is 0 Å². The maximum Gasteiger partial charge on any atom is 0.243 e. The fraction of sp³-hybridized carbons (Fsp3) is 0.136. The monoisotopic (exact) mass is 370 g/mol. The summed E-state index contributed by atoms with van der Waals surface area (Å²) in [5, 5.41) is 9.85. The van der Waals surface area contributed by atoms with Crippen molar-refractivity contribution in [3.05, 3.63) is 72.4 Å². The number of furan rings is 1. The number of hydrogen-bond donors (Lipinski definition) is 1. The van der Waals surface area contributed by atoms with Gasteiger partial charge in [-0.15, -0.1) is 0 Å². The van der Waals surface area contributed by atoms with Crippen molar-refractivity contribution in [1.82, 2.24) is 15.2 Å². The minimum absolute atomic E-state index is 0.0306. The molecule has 0 atom stereocenters. The molecule has 5 rings (SSSR count). The van der Waals surface area contributed by atoms with Gasteiger partial charge in [-0.1, -0.05) is 36.4 Å². The van der Waals surface area contributed by atoms with E-state index in [9.17, 15) is 4.79 Å². The van der Waals surface area contributed by atoms with Crippen LogP contribution in [0.1, 0.15) is 18.4 Å². The molecule has 1 aliphatic rings. The third-order valence-corrected chi connectivity index (χ3v) is 4.75. The highest BCUT2D eigenvalue weighted by atomic mass is 16.3. The van der Waals surface area contributed by atoms with Crippen LogP contribution in [0, 0.1) is 5.92 Å². The summed E-state index contributed by atoms with van der Waals surface area (Å²) in [6.07, 6.45) is 5.38. The topological polar surface area (TPSA) is 72.4 Å². The second-order valence-electron chi connectivity index (χ2n) is 6.87. The first kappa shape index (κ1) is 16.5. The minimum Gasteiger partial charge on any atom is -0.454 e. The molecule has 0 spiro atoms. The van der Waals surface area contributed by atoms with E-state index in [0.29, 0.717) is 11.5 Å². The number of nitrogens with zero attached hydrogens (tertiary/aromatic N) is 3. The van der Waals surface area contributed by atoms with Crippen LogP contribution in [0.2, 0.25) is 0 Å². The van der Waals surface area contributed by atoms with Crippen LogP contribution in [0.15, 0.2) is 76.4 Å². The third kappa shape index (κ3) is 3.20. The van der Waals surface area contributed by atoms with E-state index in [1.54, 1.807) is 10.9 Å². The van der Waals surface area contributed by atoms with Gasteiger partial charge in [-0.25, -0.2) is 10.1 Å². The van der Waals surface area contributed by atoms with Gasteiger partial charge in [-0.3, -0.25) is 4.79 Å². The number of nitrogens with one attached hydrogen (secondary N) is 1. The van der Waals surface area contributed by atoms with Gasteiger partial charge in [0.2, 0.25) is 5.91 Å². The number of para-hydroxylation sites is 2. The van der Waals surface area contributed by atoms with E-state index >= 15 is 0 Å². The zero-order valence-electron chi connectivity index (χ0n) is 15.1. The van der Waals surface area contributed by atoms with Crippen molar-refractivity contribution in [2.45, 2.75) is 12.8 Å². The van der Waals surface area contributed by atoms with Gasteiger partial charge in [0, 0.05) is 23.1 Å². The number of carbonyl (C=O) groups excluding carboxylic acids is 1. The van der Waals surface area contributed by atoms with E-state index in [2.05, 4.69) is 10.5 Å². The SMILES string of the molecule is O=C(N/N=C/c1cn(-c2ccccc2)nc1-c1cc2ccccc2o1)C1CC1. The summed E-state index contributed by atoms with van der Waals surface area (Å²) >= 11 is 0. The molecule has 28 heavy (non-hydrogen) atoms. The second kappa shape index (κ2) is 6.81. The molecule has 0 unspecified atom stereocenters. The standard InChI is InChI=1S/C22H18N4O2/c27-22(15-10-11-15)24-23-13-17-14-26(18-7-2-1-3-8-18)25-21(17)20-12-16-6-4-5-9-19(16)28-20/h1-9,12-15H,10-11H2,(H,24,27)/b23-13+. The van der Waals surface area contributed by atoms with Gasteiger partial charge < -0.3 is 4.42 Å². The summed E-state index contributed by atoms with van der Waals surface area (Å²) in [4.78, 5) is 11.8. The molecule has 138 valence electrons. The molecule has 1 saturated carbocycles. The Morgan fingerprint density at radius 3 is 2.71 bits per heavy atom. The number of aromatic nitrogens is 2. The van der Waals surface area contributed by atoms with Crippen LogP contribution in [-0.4, -0.2) is 21.9 Å². The largest absolute Gasteiger partial charge is 0.454 e. The lowest BCUT2D eigenvalue weighted by molar-refractivity contribution is -0.122. The first-order chi connectivity index (χ1) is 13.8. The molecule has 1 N–H and O–H groups in total. The Morgan fingerprint density at radius 1 is 1.14 bits per heavy atom. The Hall–Kier alpha value is -3.67. The van der Waals surface area contributed by atoms with Crippen molar-refractivity contribution in [3.8, 4) is 17.1 Å². The maximum atomic E-state index is 11.8. The first-order valence-corrected chi connectivity index (χ1v) is 9.25. The Labute approximate surface area is 161 Å². The molecule has 2 aromatic carbocycles. The van der Waals surface area contributed by atoms with Crippen molar-refractivity contribution in [2.75, 3.05) is 0 Å². The molecule has 0 saturated heterocycles. The van der Waals surface area contributed by atoms with Crippen molar-refractivity contribution in [2.24, 2.45) is 11.0 Å². The fourth-order valence-electron chi connectivity index (χ4n) is 3.09. The van der Waals surface area contributed by atoms with Crippen LogP contribution in [0.3, 0.4) is 0 Å². The van der Waals surface area contributed by atoms with Gasteiger partial charge in [-0.2, -0.15) is 10.2 Å². The van der Waals surface area contributed by atoms with E-state index in [1.165, 1.54) is 0 Å². The molecule has 0 radical (unpaired) electrons. The summed E-state index contributed by atoms with van der Waals surface area (Å²) in [6.45, 7) is 0. The quantitative estimate of drug-likeness (QED) is 0.424. The summed E-state index contributed by atoms with van der Waals surface area (Å²) in [7, 11) is 0. The van der Waals surface area contributed by atoms with Gasteiger partial charge in [0.25, 0.3) is 0 Å². The predicted octanol–water partition coefficient (Wildman–Crippen LogP) is 4.15. The molecular weight excluding hydrogens is 352 g/mol. The molecule has 1 amide bonds. The fourth-order valence-corrected chi connectivity index (χ4v) is 3.09. The number of hydrazone groups is 1. The highest BCUT2D eigenvalue weighted by Gasteiger charge is 2.29. The number of amides is 1. The Morgan fingerprint density at radius 2 is 1.93 bits per heavy atom. The van der Waals surface area contributed by atoms with Gasteiger partial charge >= 0.3 is 0 Å². The average Bonchev–Trinajstić information content (AvgIpc) is 3.36. The number of fused-ring (bicyclic) bond motifs is 1. The van der Waals surface area contributed by atoms with Gasteiger partial charge in [-0.05, 0) is 37.1 Å². The van der Waals surface area contributed by atoms with E-state index in [1.807, 2.05) is 66.9 Å². The molecule has 6 heteroatoms. The Bertz CT molecular complexity index is 1140. The third-order valence-electron chi connectivity index (χ3n) is 4.75. The van der Waals surface area contributed by atoms with E-state index in [-0.39, 0.29) is 11.8 Å². The van der Waals surface area contributed by atoms with Crippen LogP contribution in [0.25, 0.3) is 28.1 Å². The van der Waals surface area contributed by atoms with E-state index < -0.39 is 0 Å². The highest BCUT2D eigenvalue weighted by Crippen LogP contribution is 2.30. The zero-order chi connectivity index (χ0) is 18.9. The lowest BCUT2D eigenvalue weighted by Crippen LogP contribution is -2.18. The van der Waals surface area contributed by atoms with Crippen molar-refractivity contribution < 1.29 is 9.21 Å². The van der Waals surface area contributed by atoms with Crippen molar-refractivity contribution >= 4 is 23.1 Å². The Balaban J connectivity index is 1.54. The summed E-state index contributed by atoms with van der Waals surface area (Å²) in [5.74, 6) is 0.738. The molecular formula is C22H18N4O2. The maximum absolute atomic E-state index is 11.8. The highest BCUT2D eigenvalue weighted by molar-refractivity contribution is 5.91. The number of benzene rings is 2. The second-order valence-corrected chi connectivity index (χ2v) is 6.87. The number of rotatable bonds is 5. The van der Waals surface area contributed by atoms with E-state index in [4.69, 9.17) is 9.52 Å². The minimum atomic E-state index is -0.0306. The van der Waals surface area contributed by atoms with Crippen LogP contribution in [-0.2, 0) is 4.79 Å². The van der Waals surface area contributed by atoms with Crippen molar-refractivity contribution in [1.29, 1.82) is 0 Å². The van der Waals surface area contributed by atoms with Gasteiger partial charge in [0.05, 0.1) is 11.9 Å². The predicted molar refractivity (Wildman–Crippen MR) is 107 cm³/mol. The smallest absolute Gasteiger partial charge is 0.243 e. The van der Waals surface area contributed by atoms with Crippen LogP contribution >= 0.6 is 0 Å². The summed E-state index contributed by atoms with van der Waals surface area (Å²) in [6, 6.07) is 19.6. The van der Waals surface area contributed by atoms with E-state index in [0.717, 1.165) is 35.1 Å². The lowest BCUT2D eigenvalue weighted by Gasteiger charge is -1.98. The van der Waals surface area contributed by atoms with Gasteiger partial charge in [0.15, 0.2) is 5.76 Å². The van der Waals surface area contributed by atoms with Crippen molar-refractivity contribution in [3.63, 3.8) is 0 Å². The van der Waals surface area contributed by atoms with Crippen LogP contribution in [0.4, 0.5) is 0 Å². The Kier molecular flexibility index (Phi) is 4.01. The molecule has 1 fully saturated rings.